The number of aryl methyl sites for hydroxylation is 1. The van der Waals surface area contributed by atoms with Crippen molar-refractivity contribution in [3.8, 4) is 11.1 Å². The molecule has 55 heavy (non-hydrogen) atoms. The average Bonchev–Trinajstić information content (AvgIpc) is 2.99. The van der Waals surface area contributed by atoms with E-state index in [1.807, 2.05) is 18.2 Å². The summed E-state index contributed by atoms with van der Waals surface area (Å²) in [5.41, 5.74) is 8.62. The number of hydrogen-bond acceptors (Lipinski definition) is 3. The molecule has 0 atom stereocenters. The molecular weight excluding hydrogens is 692 g/mol. The van der Waals surface area contributed by atoms with Gasteiger partial charge in [0.1, 0.15) is 0 Å². The van der Waals surface area contributed by atoms with Gasteiger partial charge in [-0.05, 0) is 0 Å². The summed E-state index contributed by atoms with van der Waals surface area (Å²) < 4.78 is 0. The van der Waals surface area contributed by atoms with Gasteiger partial charge in [-0.1, -0.05) is 0 Å². The third-order valence-electron chi connectivity index (χ3n) is 11.6. The first-order valence-electron chi connectivity index (χ1n) is 20.2. The Morgan fingerprint density at radius 3 is 1.18 bits per heavy atom. The Kier molecular flexibility index (Phi) is 10.2. The van der Waals surface area contributed by atoms with Crippen LogP contribution in [-0.2, 0) is 32.5 Å². The number of fused-ring (bicyclic) bond motifs is 2. The van der Waals surface area contributed by atoms with Crippen molar-refractivity contribution in [1.29, 1.82) is 0 Å². The Morgan fingerprint density at radius 1 is 0.382 bits per heavy atom. The predicted octanol–water partition coefficient (Wildman–Crippen LogP) is 13.0. The molecule has 0 unspecified atom stereocenters. The molecule has 0 aliphatic heterocycles. The first-order valence-corrected chi connectivity index (χ1v) is 22.2. The number of hydrogen-bond donors (Lipinski definition) is 3. The molecule has 4 heteroatoms. The van der Waals surface area contributed by atoms with E-state index in [0.29, 0.717) is 0 Å². The van der Waals surface area contributed by atoms with Crippen LogP contribution < -0.4 is 10.6 Å². The summed E-state index contributed by atoms with van der Waals surface area (Å²) in [5, 5.41) is 4.71. The molecule has 0 fully saturated rings. The minimum absolute atomic E-state index is 0.0117. The van der Waals surface area contributed by atoms with Crippen LogP contribution in [0.15, 0.2) is 66.7 Å². The van der Waals surface area contributed by atoms with Crippen molar-refractivity contribution in [3.63, 3.8) is 0 Å². The monoisotopic (exact) mass is 763 g/mol. The first-order chi connectivity index (χ1) is 24.5. The molecule has 0 aliphatic carbocycles. The van der Waals surface area contributed by atoms with Gasteiger partial charge in [-0.15, -0.1) is 0 Å². The minimum atomic E-state index is -5.75. The van der Waals surface area contributed by atoms with Gasteiger partial charge in [0.15, 0.2) is 0 Å². The van der Waals surface area contributed by atoms with E-state index in [0.717, 1.165) is 38.6 Å². The SMILES string of the molecule is Cc1ccc(P(O)(O)(O)c2cc3c(C(C)(C)C)cc(C(C)(C)C)cc3cc2C(C)(C)C)cc1-c1cc2c(C(C)(C)C)cc(C(C)(C)C)cc2cc1C(C)(C)C. The molecule has 0 saturated carbocycles. The van der Waals surface area contributed by atoms with Crippen LogP contribution in [0.2, 0.25) is 0 Å². The summed E-state index contributed by atoms with van der Waals surface area (Å²) in [5.74, 6) is 0. The average molecular weight is 763 g/mol. The zero-order valence-electron chi connectivity index (χ0n) is 37.6. The van der Waals surface area contributed by atoms with Gasteiger partial charge >= 0.3 is 335 Å². The van der Waals surface area contributed by atoms with Gasteiger partial charge in [0, 0.05) is 0 Å². The van der Waals surface area contributed by atoms with Crippen LogP contribution in [0.3, 0.4) is 0 Å². The van der Waals surface area contributed by atoms with E-state index in [-0.39, 0.29) is 37.7 Å². The fourth-order valence-corrected chi connectivity index (χ4v) is 10.2. The van der Waals surface area contributed by atoms with Crippen molar-refractivity contribution < 1.29 is 14.7 Å². The Morgan fingerprint density at radius 2 is 0.782 bits per heavy atom. The Labute approximate surface area is 333 Å². The van der Waals surface area contributed by atoms with Gasteiger partial charge in [-0.25, -0.2) is 0 Å². The molecular formula is C51H71O3P. The summed E-state index contributed by atoms with van der Waals surface area (Å²) in [7, 11) is -5.75. The van der Waals surface area contributed by atoms with Gasteiger partial charge in [0.25, 0.3) is 0 Å². The van der Waals surface area contributed by atoms with Crippen molar-refractivity contribution in [2.75, 3.05) is 0 Å². The molecule has 0 amide bonds. The second-order valence-corrected chi connectivity index (χ2v) is 25.7. The van der Waals surface area contributed by atoms with Crippen molar-refractivity contribution in [3.05, 3.63) is 106 Å². The van der Waals surface area contributed by atoms with E-state index in [9.17, 15) is 14.7 Å². The summed E-state index contributed by atoms with van der Waals surface area (Å²) in [6.45, 7) is 41.9. The van der Waals surface area contributed by atoms with Gasteiger partial charge in [-0.3, -0.25) is 0 Å². The molecule has 0 radical (unpaired) electrons. The molecule has 3 N–H and O–H groups in total. The molecule has 0 aromatic heterocycles. The van der Waals surface area contributed by atoms with Crippen LogP contribution >= 0.6 is 7.28 Å². The molecule has 0 aliphatic rings. The fraction of sp³-hybridized carbons (Fsp3) is 0.490. The van der Waals surface area contributed by atoms with Crippen molar-refractivity contribution in [2.24, 2.45) is 0 Å². The van der Waals surface area contributed by atoms with Crippen LogP contribution in [0.1, 0.15) is 164 Å². The summed E-state index contributed by atoms with van der Waals surface area (Å²) in [6.07, 6.45) is 0. The van der Waals surface area contributed by atoms with Gasteiger partial charge in [0.2, 0.25) is 0 Å². The van der Waals surface area contributed by atoms with E-state index < -0.39 is 12.7 Å². The molecule has 0 saturated heterocycles. The molecule has 3 nitrogen and oxygen atoms in total. The van der Waals surface area contributed by atoms with E-state index >= 15 is 0 Å². The van der Waals surface area contributed by atoms with Crippen LogP contribution in [0.4, 0.5) is 0 Å². The second kappa shape index (κ2) is 13.0. The van der Waals surface area contributed by atoms with Crippen molar-refractivity contribution >= 4 is 39.4 Å². The van der Waals surface area contributed by atoms with E-state index in [4.69, 9.17) is 0 Å². The molecule has 0 bridgehead atoms. The van der Waals surface area contributed by atoms with Crippen LogP contribution in [0.25, 0.3) is 32.7 Å². The Bertz CT molecular complexity index is 2310. The summed E-state index contributed by atoms with van der Waals surface area (Å²) >= 11 is 0. The third kappa shape index (κ3) is 8.20. The zero-order valence-corrected chi connectivity index (χ0v) is 38.5. The van der Waals surface area contributed by atoms with E-state index in [2.05, 4.69) is 174 Å². The number of benzene rings is 5. The van der Waals surface area contributed by atoms with Crippen LogP contribution in [-0.4, -0.2) is 14.7 Å². The standard InChI is InChI=1S/C51H71O3P/c1-31-20-21-36(28-37(31)40-29-38-32(24-41(40)48(8,9)10)22-34(46(2,3)4)26-42(38)49(11,12)13)55(52,53,54)45-30-39-33(25-44(45)51(17,18)19)23-35(47(5,6)7)27-43(39)50(14,15)16/h20-30,52-54H,1-19H3. The fourth-order valence-electron chi connectivity index (χ4n) is 8.00. The second-order valence-electron chi connectivity index (χ2n) is 22.7. The molecule has 5 aromatic rings. The quantitative estimate of drug-likeness (QED) is 0.160. The first kappa shape index (κ1) is 43.1. The van der Waals surface area contributed by atoms with Gasteiger partial charge in [0.05, 0.1) is 0 Å². The normalized spacial score (nSPS) is 14.8. The van der Waals surface area contributed by atoms with Crippen LogP contribution in [0, 0.1) is 6.92 Å². The van der Waals surface area contributed by atoms with Crippen LogP contribution in [0.5, 0.6) is 0 Å². The number of rotatable bonds is 3. The Balaban J connectivity index is 1.89. The third-order valence-corrected chi connectivity index (χ3v) is 14.0. The van der Waals surface area contributed by atoms with E-state index in [1.54, 1.807) is 6.07 Å². The topological polar surface area (TPSA) is 60.7 Å². The molecule has 5 rings (SSSR count). The maximum absolute atomic E-state index is 12.8. The van der Waals surface area contributed by atoms with Crippen molar-refractivity contribution in [1.82, 2.24) is 0 Å². The molecule has 0 heterocycles. The van der Waals surface area contributed by atoms with Gasteiger partial charge < -0.3 is 0 Å². The molecule has 0 spiro atoms. The Hall–Kier alpha value is -3.07. The maximum atomic E-state index is 12.8. The molecule has 298 valence electrons. The summed E-state index contributed by atoms with van der Waals surface area (Å²) in [6, 6.07) is 23.4. The summed E-state index contributed by atoms with van der Waals surface area (Å²) in [4.78, 5) is 38.3. The van der Waals surface area contributed by atoms with Gasteiger partial charge in [-0.2, -0.15) is 0 Å². The molecule has 5 aromatic carbocycles. The van der Waals surface area contributed by atoms with E-state index in [1.165, 1.54) is 33.0 Å². The zero-order chi connectivity index (χ0) is 41.9. The predicted molar refractivity (Wildman–Crippen MR) is 243 cm³/mol. The van der Waals surface area contributed by atoms with Crippen molar-refractivity contribution in [2.45, 2.75) is 164 Å².